The van der Waals surface area contributed by atoms with Gasteiger partial charge in [-0.2, -0.15) is 11.8 Å². The summed E-state index contributed by atoms with van der Waals surface area (Å²) < 4.78 is 43.5. The Morgan fingerprint density at radius 3 is 2.75 bits per heavy atom. The predicted molar refractivity (Wildman–Crippen MR) is 114 cm³/mol. The largest absolute Gasteiger partial charge is 0.308 e. The molecule has 5 nitrogen and oxygen atoms in total. The number of rotatable bonds is 9. The molecule has 0 aliphatic rings. The molecule has 0 bridgehead atoms. The molecule has 0 atom stereocenters. The second-order valence-electron chi connectivity index (χ2n) is 6.19. The van der Waals surface area contributed by atoms with Crippen LogP contribution in [0.4, 0.5) is 4.39 Å². The SMILES string of the molecule is CCCn1c(=O)sc2cc(S(=O)(=O)NCCSCc3ccccc3F)ccc21. The molecule has 0 aliphatic carbocycles. The summed E-state index contributed by atoms with van der Waals surface area (Å²) in [5.41, 5.74) is 1.36. The van der Waals surface area contributed by atoms with Crippen molar-refractivity contribution in [3.05, 3.63) is 63.5 Å². The normalized spacial score (nSPS) is 11.9. The van der Waals surface area contributed by atoms with Gasteiger partial charge in [0.15, 0.2) is 0 Å². The second kappa shape index (κ2) is 9.21. The Morgan fingerprint density at radius 2 is 2.00 bits per heavy atom. The van der Waals surface area contributed by atoms with Gasteiger partial charge in [-0.3, -0.25) is 9.36 Å². The number of halogens is 1. The van der Waals surface area contributed by atoms with Gasteiger partial charge in [0.1, 0.15) is 5.82 Å². The number of aryl methyl sites for hydroxylation is 1. The summed E-state index contributed by atoms with van der Waals surface area (Å²) in [6.45, 7) is 2.85. The summed E-state index contributed by atoms with van der Waals surface area (Å²) in [6, 6.07) is 11.3. The van der Waals surface area contributed by atoms with Crippen molar-refractivity contribution in [3.8, 4) is 0 Å². The molecular weight excluding hydrogens is 419 g/mol. The zero-order chi connectivity index (χ0) is 20.1. The van der Waals surface area contributed by atoms with Crippen LogP contribution in [0.3, 0.4) is 0 Å². The van der Waals surface area contributed by atoms with Crippen LogP contribution in [0.15, 0.2) is 52.2 Å². The summed E-state index contributed by atoms with van der Waals surface area (Å²) >= 11 is 2.52. The number of hydrogen-bond acceptors (Lipinski definition) is 5. The van der Waals surface area contributed by atoms with Crippen LogP contribution in [0.1, 0.15) is 18.9 Å². The lowest BCUT2D eigenvalue weighted by molar-refractivity contribution is 0.584. The highest BCUT2D eigenvalue weighted by Gasteiger charge is 2.16. The molecule has 1 N–H and O–H groups in total. The molecule has 28 heavy (non-hydrogen) atoms. The third-order valence-electron chi connectivity index (χ3n) is 4.15. The third-order valence-corrected chi connectivity index (χ3v) is 7.56. The number of hydrogen-bond donors (Lipinski definition) is 1. The predicted octanol–water partition coefficient (Wildman–Crippen LogP) is 3.82. The van der Waals surface area contributed by atoms with E-state index in [0.29, 0.717) is 28.3 Å². The van der Waals surface area contributed by atoms with Gasteiger partial charge in [0.25, 0.3) is 0 Å². The van der Waals surface area contributed by atoms with Crippen LogP contribution < -0.4 is 9.60 Å². The molecular formula is C19H21FN2O3S3. The molecule has 0 radical (unpaired) electrons. The van der Waals surface area contributed by atoms with Crippen LogP contribution >= 0.6 is 23.1 Å². The van der Waals surface area contributed by atoms with Crippen molar-refractivity contribution >= 4 is 43.3 Å². The third kappa shape index (κ3) is 4.83. The number of thioether (sulfide) groups is 1. The second-order valence-corrected chi connectivity index (χ2v) is 10.1. The van der Waals surface area contributed by atoms with E-state index in [1.54, 1.807) is 34.9 Å². The maximum absolute atomic E-state index is 13.6. The van der Waals surface area contributed by atoms with E-state index in [-0.39, 0.29) is 22.1 Å². The van der Waals surface area contributed by atoms with Gasteiger partial charge in [0.05, 0.1) is 15.1 Å². The Kier molecular flexibility index (Phi) is 6.92. The average Bonchev–Trinajstić information content (AvgIpc) is 2.98. The van der Waals surface area contributed by atoms with E-state index in [2.05, 4.69) is 4.72 Å². The summed E-state index contributed by atoms with van der Waals surface area (Å²) in [5, 5.41) is 0. The minimum atomic E-state index is -3.66. The molecule has 3 aromatic rings. The molecule has 2 aromatic carbocycles. The van der Waals surface area contributed by atoms with Gasteiger partial charge >= 0.3 is 4.87 Å². The Bertz CT molecular complexity index is 1120. The summed E-state index contributed by atoms with van der Waals surface area (Å²) in [5.74, 6) is 0.757. The molecule has 1 aromatic heterocycles. The fraction of sp³-hybridized carbons (Fsp3) is 0.316. The zero-order valence-electron chi connectivity index (χ0n) is 15.4. The van der Waals surface area contributed by atoms with Crippen LogP contribution in [-0.4, -0.2) is 25.3 Å². The first-order valence-electron chi connectivity index (χ1n) is 8.86. The number of fused-ring (bicyclic) bond motifs is 1. The minimum Gasteiger partial charge on any atom is -0.299 e. The van der Waals surface area contributed by atoms with Crippen molar-refractivity contribution < 1.29 is 12.8 Å². The van der Waals surface area contributed by atoms with Crippen molar-refractivity contribution in [1.29, 1.82) is 0 Å². The number of benzene rings is 2. The summed E-state index contributed by atoms with van der Waals surface area (Å²) in [4.78, 5) is 12.1. The van der Waals surface area contributed by atoms with Crippen LogP contribution in [0.2, 0.25) is 0 Å². The number of nitrogens with zero attached hydrogens (tertiary/aromatic N) is 1. The number of sulfonamides is 1. The van der Waals surface area contributed by atoms with E-state index in [1.807, 2.05) is 6.92 Å². The summed E-state index contributed by atoms with van der Waals surface area (Å²) in [6.07, 6.45) is 0.831. The van der Waals surface area contributed by atoms with E-state index >= 15 is 0 Å². The maximum atomic E-state index is 13.6. The lowest BCUT2D eigenvalue weighted by atomic mass is 10.2. The fourth-order valence-electron chi connectivity index (χ4n) is 2.78. The first-order valence-corrected chi connectivity index (χ1v) is 12.3. The van der Waals surface area contributed by atoms with Crippen molar-refractivity contribution in [3.63, 3.8) is 0 Å². The van der Waals surface area contributed by atoms with Crippen molar-refractivity contribution in [2.45, 2.75) is 30.5 Å². The van der Waals surface area contributed by atoms with E-state index in [4.69, 9.17) is 0 Å². The Labute approximate surface area is 171 Å². The van der Waals surface area contributed by atoms with Crippen LogP contribution in [0.25, 0.3) is 10.2 Å². The highest BCUT2D eigenvalue weighted by Crippen LogP contribution is 2.22. The molecule has 0 aliphatic heterocycles. The Hall–Kier alpha value is -1.68. The van der Waals surface area contributed by atoms with Gasteiger partial charge in [0, 0.05) is 24.6 Å². The molecule has 150 valence electrons. The van der Waals surface area contributed by atoms with Crippen molar-refractivity contribution in [2.24, 2.45) is 0 Å². The van der Waals surface area contributed by atoms with Crippen molar-refractivity contribution in [1.82, 2.24) is 9.29 Å². The van der Waals surface area contributed by atoms with E-state index in [0.717, 1.165) is 23.3 Å². The Balaban J connectivity index is 1.61. The zero-order valence-corrected chi connectivity index (χ0v) is 17.8. The smallest absolute Gasteiger partial charge is 0.299 e. The summed E-state index contributed by atoms with van der Waals surface area (Å²) in [7, 11) is -3.66. The van der Waals surface area contributed by atoms with Gasteiger partial charge in [-0.05, 0) is 36.2 Å². The fourth-order valence-corrected chi connectivity index (χ4v) is 5.84. The van der Waals surface area contributed by atoms with E-state index in [1.165, 1.54) is 23.9 Å². The van der Waals surface area contributed by atoms with Gasteiger partial charge in [0.2, 0.25) is 10.0 Å². The van der Waals surface area contributed by atoms with Crippen LogP contribution in [0.5, 0.6) is 0 Å². The number of nitrogens with one attached hydrogen (secondary N) is 1. The quantitative estimate of drug-likeness (QED) is 0.514. The van der Waals surface area contributed by atoms with Crippen LogP contribution in [-0.2, 0) is 22.3 Å². The number of aromatic nitrogens is 1. The molecule has 9 heteroatoms. The molecule has 3 rings (SSSR count). The van der Waals surface area contributed by atoms with Crippen molar-refractivity contribution in [2.75, 3.05) is 12.3 Å². The maximum Gasteiger partial charge on any atom is 0.308 e. The van der Waals surface area contributed by atoms with Gasteiger partial charge in [-0.25, -0.2) is 17.5 Å². The minimum absolute atomic E-state index is 0.0797. The highest BCUT2D eigenvalue weighted by molar-refractivity contribution is 7.98. The lowest BCUT2D eigenvalue weighted by Crippen LogP contribution is -2.26. The molecule has 0 saturated heterocycles. The first kappa shape index (κ1) is 21.0. The molecule has 0 spiro atoms. The molecule has 0 amide bonds. The van der Waals surface area contributed by atoms with Crippen LogP contribution in [0, 0.1) is 5.82 Å². The molecule has 0 unspecified atom stereocenters. The molecule has 0 saturated carbocycles. The van der Waals surface area contributed by atoms with E-state index in [9.17, 15) is 17.6 Å². The standard InChI is InChI=1S/C19H21FN2O3S3/c1-2-10-22-17-8-7-15(12-18(17)27-19(22)23)28(24,25)21-9-11-26-13-14-5-3-4-6-16(14)20/h3-8,12,21H,2,9-11,13H2,1H3. The molecule has 1 heterocycles. The molecule has 0 fully saturated rings. The highest BCUT2D eigenvalue weighted by atomic mass is 32.2. The number of thiazole rings is 1. The van der Waals surface area contributed by atoms with Gasteiger partial charge in [-0.15, -0.1) is 0 Å². The first-order chi connectivity index (χ1) is 13.4. The topological polar surface area (TPSA) is 68.2 Å². The lowest BCUT2D eigenvalue weighted by Gasteiger charge is -2.08. The Morgan fingerprint density at radius 1 is 1.21 bits per heavy atom. The van der Waals surface area contributed by atoms with Gasteiger partial charge < -0.3 is 0 Å². The average molecular weight is 441 g/mol. The van der Waals surface area contributed by atoms with E-state index < -0.39 is 10.0 Å². The van der Waals surface area contributed by atoms with Gasteiger partial charge in [-0.1, -0.05) is 36.5 Å². The monoisotopic (exact) mass is 440 g/mol.